The molecule has 4 heteroatoms. The number of amides is 1. The van der Waals surface area contributed by atoms with Gasteiger partial charge in [-0.2, -0.15) is 0 Å². The van der Waals surface area contributed by atoms with E-state index in [1.54, 1.807) is 0 Å². The molecule has 1 amide bonds. The van der Waals surface area contributed by atoms with Gasteiger partial charge in [0.25, 0.3) is 5.91 Å². The van der Waals surface area contributed by atoms with Crippen molar-refractivity contribution in [2.45, 2.75) is 122 Å². The van der Waals surface area contributed by atoms with Crippen molar-refractivity contribution in [3.8, 4) is 0 Å². The summed E-state index contributed by atoms with van der Waals surface area (Å²) in [6.45, 7) is 3.41. The van der Waals surface area contributed by atoms with Gasteiger partial charge in [-0.1, -0.05) is 90.4 Å². The van der Waals surface area contributed by atoms with E-state index in [1.165, 1.54) is 77.0 Å². The predicted molar refractivity (Wildman–Crippen MR) is 108 cm³/mol. The van der Waals surface area contributed by atoms with Gasteiger partial charge in [0.2, 0.25) is 5.79 Å². The average molecular weight is 370 g/mol. The summed E-state index contributed by atoms with van der Waals surface area (Å²) < 4.78 is 11.3. The van der Waals surface area contributed by atoms with Gasteiger partial charge >= 0.3 is 0 Å². The Balaban J connectivity index is 1.93. The largest absolute Gasteiger partial charge is 0.365 e. The molecule has 1 fully saturated rings. The zero-order chi connectivity index (χ0) is 18.9. The molecule has 0 unspecified atom stereocenters. The van der Waals surface area contributed by atoms with E-state index in [0.29, 0.717) is 19.6 Å². The minimum atomic E-state index is -1.16. The first-order chi connectivity index (χ1) is 12.7. The van der Waals surface area contributed by atoms with Crippen molar-refractivity contribution in [3.63, 3.8) is 0 Å². The number of hydrogen-bond donors (Lipinski definition) is 1. The Morgan fingerprint density at radius 3 is 1.50 bits per heavy atom. The Labute approximate surface area is 161 Å². The Morgan fingerprint density at radius 1 is 0.731 bits per heavy atom. The molecule has 0 atom stereocenters. The molecule has 1 aliphatic heterocycles. The lowest BCUT2D eigenvalue weighted by Crippen LogP contribution is -2.48. The molecule has 2 N–H and O–H groups in total. The molecule has 1 aliphatic rings. The van der Waals surface area contributed by atoms with Gasteiger partial charge in [-0.25, -0.2) is 0 Å². The molecule has 0 bridgehead atoms. The lowest BCUT2D eigenvalue weighted by atomic mass is 10.0. The van der Waals surface area contributed by atoms with Crippen LogP contribution in [0.3, 0.4) is 0 Å². The summed E-state index contributed by atoms with van der Waals surface area (Å²) in [6.07, 6.45) is 21.0. The van der Waals surface area contributed by atoms with Crippen LogP contribution in [0, 0.1) is 0 Å². The van der Waals surface area contributed by atoms with Gasteiger partial charge in [0.05, 0.1) is 13.2 Å². The minimum Gasteiger partial charge on any atom is -0.365 e. The third-order valence-corrected chi connectivity index (χ3v) is 5.44. The molecule has 4 nitrogen and oxygen atoms in total. The fraction of sp³-hybridized carbons (Fsp3) is 0.955. The molecule has 0 aromatic carbocycles. The molecular weight excluding hydrogens is 326 g/mol. The van der Waals surface area contributed by atoms with E-state index in [9.17, 15) is 4.79 Å². The summed E-state index contributed by atoms with van der Waals surface area (Å²) >= 11 is 0. The third-order valence-electron chi connectivity index (χ3n) is 5.44. The number of carbonyl (C=O) groups excluding carboxylic acids is 1. The summed E-state index contributed by atoms with van der Waals surface area (Å²) in [6, 6.07) is 0. The number of primary amides is 1. The number of nitrogens with two attached hydrogens (primary N) is 1. The van der Waals surface area contributed by atoms with Crippen molar-refractivity contribution in [2.24, 2.45) is 5.73 Å². The number of hydrogen-bond acceptors (Lipinski definition) is 3. The van der Waals surface area contributed by atoms with E-state index < -0.39 is 11.7 Å². The summed E-state index contributed by atoms with van der Waals surface area (Å²) in [7, 11) is 0. The molecule has 1 heterocycles. The number of ether oxygens (including phenoxy) is 2. The van der Waals surface area contributed by atoms with Gasteiger partial charge in [-0.15, -0.1) is 0 Å². The molecule has 1 saturated heterocycles. The smallest absolute Gasteiger partial charge is 0.277 e. The van der Waals surface area contributed by atoms with Gasteiger partial charge in [-0.3, -0.25) is 4.79 Å². The number of carbonyl (C=O) groups is 1. The summed E-state index contributed by atoms with van der Waals surface area (Å²) in [4.78, 5) is 11.8. The molecule has 1 rings (SSSR count). The Bertz CT molecular complexity index is 338. The van der Waals surface area contributed by atoms with Gasteiger partial charge in [-0.05, 0) is 19.3 Å². The van der Waals surface area contributed by atoms with Crippen LogP contribution in [0.5, 0.6) is 0 Å². The van der Waals surface area contributed by atoms with Gasteiger partial charge in [0.15, 0.2) is 0 Å². The van der Waals surface area contributed by atoms with Gasteiger partial charge in [0, 0.05) is 6.42 Å². The van der Waals surface area contributed by atoms with Crippen molar-refractivity contribution in [3.05, 3.63) is 0 Å². The van der Waals surface area contributed by atoms with Crippen molar-refractivity contribution in [1.82, 2.24) is 0 Å². The predicted octanol–water partition coefficient (Wildman–Crippen LogP) is 5.87. The second-order valence-electron chi connectivity index (χ2n) is 7.87. The lowest BCUT2D eigenvalue weighted by Gasteiger charge is -2.28. The second kappa shape index (κ2) is 15.4. The SMILES string of the molecule is CCCCCCCCCCCCCCCCC1(C(N)=O)OCCCCO1. The van der Waals surface area contributed by atoms with E-state index in [-0.39, 0.29) is 0 Å². The van der Waals surface area contributed by atoms with E-state index in [2.05, 4.69) is 6.92 Å². The van der Waals surface area contributed by atoms with Crippen LogP contribution in [-0.4, -0.2) is 24.9 Å². The average Bonchev–Trinajstić information content (AvgIpc) is 2.89. The number of unbranched alkanes of at least 4 members (excludes halogenated alkanes) is 13. The molecule has 0 aromatic heterocycles. The zero-order valence-corrected chi connectivity index (χ0v) is 17.2. The molecular formula is C22H43NO3. The highest BCUT2D eigenvalue weighted by Gasteiger charge is 2.39. The second-order valence-corrected chi connectivity index (χ2v) is 7.87. The molecule has 0 spiro atoms. The molecule has 26 heavy (non-hydrogen) atoms. The molecule has 0 aromatic rings. The van der Waals surface area contributed by atoms with Crippen molar-refractivity contribution >= 4 is 5.91 Å². The maximum Gasteiger partial charge on any atom is 0.277 e. The minimum absolute atomic E-state index is 0.464. The monoisotopic (exact) mass is 369 g/mol. The molecule has 0 aliphatic carbocycles. The topological polar surface area (TPSA) is 61.6 Å². The Kier molecular flexibility index (Phi) is 13.9. The highest BCUT2D eigenvalue weighted by atomic mass is 16.7. The first-order valence-corrected chi connectivity index (χ1v) is 11.3. The number of rotatable bonds is 16. The maximum absolute atomic E-state index is 11.8. The standard InChI is InChI=1S/C22H43NO3/c1-2-3-4-5-6-7-8-9-10-11-12-13-14-15-18-22(21(23)24)25-19-16-17-20-26-22/h2-20H2,1H3,(H2,23,24). The highest BCUT2D eigenvalue weighted by molar-refractivity contribution is 5.81. The fourth-order valence-corrected chi connectivity index (χ4v) is 3.68. The van der Waals surface area contributed by atoms with E-state index >= 15 is 0 Å². The van der Waals surface area contributed by atoms with Crippen LogP contribution in [0.25, 0.3) is 0 Å². The van der Waals surface area contributed by atoms with Crippen molar-refractivity contribution in [2.75, 3.05) is 13.2 Å². The Hall–Kier alpha value is -0.610. The van der Waals surface area contributed by atoms with Crippen molar-refractivity contribution < 1.29 is 14.3 Å². The maximum atomic E-state index is 11.8. The van der Waals surface area contributed by atoms with E-state index in [1.807, 2.05) is 0 Å². The normalized spacial score (nSPS) is 17.1. The van der Waals surface area contributed by atoms with Gasteiger partial charge < -0.3 is 15.2 Å². The highest BCUT2D eigenvalue weighted by Crippen LogP contribution is 2.25. The van der Waals surface area contributed by atoms with Crippen LogP contribution in [-0.2, 0) is 14.3 Å². The van der Waals surface area contributed by atoms with Crippen LogP contribution in [0.4, 0.5) is 0 Å². The van der Waals surface area contributed by atoms with Gasteiger partial charge in [0.1, 0.15) is 0 Å². The Morgan fingerprint density at radius 2 is 1.12 bits per heavy atom. The van der Waals surface area contributed by atoms with Crippen LogP contribution in [0.15, 0.2) is 0 Å². The summed E-state index contributed by atoms with van der Waals surface area (Å²) in [5.74, 6) is -1.62. The molecule has 154 valence electrons. The van der Waals surface area contributed by atoms with E-state index in [0.717, 1.165) is 25.7 Å². The van der Waals surface area contributed by atoms with Crippen LogP contribution in [0.1, 0.15) is 116 Å². The first kappa shape index (κ1) is 23.4. The molecule has 0 radical (unpaired) electrons. The summed E-state index contributed by atoms with van der Waals surface area (Å²) in [5, 5.41) is 0. The van der Waals surface area contributed by atoms with Crippen LogP contribution in [0.2, 0.25) is 0 Å². The van der Waals surface area contributed by atoms with Crippen LogP contribution >= 0.6 is 0 Å². The fourth-order valence-electron chi connectivity index (χ4n) is 3.68. The van der Waals surface area contributed by atoms with E-state index in [4.69, 9.17) is 15.2 Å². The third kappa shape index (κ3) is 10.5. The zero-order valence-electron chi connectivity index (χ0n) is 17.2. The van der Waals surface area contributed by atoms with Crippen LogP contribution < -0.4 is 5.73 Å². The molecule has 0 saturated carbocycles. The van der Waals surface area contributed by atoms with Crippen molar-refractivity contribution in [1.29, 1.82) is 0 Å². The first-order valence-electron chi connectivity index (χ1n) is 11.3. The lowest BCUT2D eigenvalue weighted by molar-refractivity contribution is -0.222. The quantitative estimate of drug-likeness (QED) is 0.346. The summed E-state index contributed by atoms with van der Waals surface area (Å²) in [5.41, 5.74) is 5.54.